The minimum Gasteiger partial charge on any atom is -0.490 e. The monoisotopic (exact) mass is 328 g/mol. The van der Waals surface area contributed by atoms with E-state index in [0.717, 1.165) is 16.7 Å². The van der Waals surface area contributed by atoms with Crippen molar-refractivity contribution in [1.29, 1.82) is 5.26 Å². The Hall–Kier alpha value is -3.65. The molecule has 0 atom stereocenters. The first kappa shape index (κ1) is 16.2. The van der Waals surface area contributed by atoms with Gasteiger partial charge in [0.2, 0.25) is 0 Å². The quantitative estimate of drug-likeness (QED) is 0.568. The van der Waals surface area contributed by atoms with Gasteiger partial charge in [-0.25, -0.2) is 9.97 Å². The van der Waals surface area contributed by atoms with Crippen molar-refractivity contribution in [2.45, 2.75) is 0 Å². The zero-order valence-corrected chi connectivity index (χ0v) is 13.5. The summed E-state index contributed by atoms with van der Waals surface area (Å²) in [6, 6.07) is 17.0. The number of ether oxygens (including phenoxy) is 1. The summed E-state index contributed by atoms with van der Waals surface area (Å²) in [5, 5.41) is 10.3. The second kappa shape index (κ2) is 7.28. The number of fused-ring (bicyclic) bond motifs is 1. The van der Waals surface area contributed by atoms with Gasteiger partial charge >= 0.3 is 0 Å². The van der Waals surface area contributed by atoms with E-state index < -0.39 is 0 Å². The normalized spacial score (nSPS) is 11.1. The lowest BCUT2D eigenvalue weighted by Gasteiger charge is -2.05. The smallest absolute Gasteiger partial charge is 0.172 e. The van der Waals surface area contributed by atoms with Crippen LogP contribution < -0.4 is 10.5 Å². The van der Waals surface area contributed by atoms with Crippen LogP contribution in [0.4, 0.5) is 5.82 Å². The van der Waals surface area contributed by atoms with E-state index in [-0.39, 0.29) is 0 Å². The van der Waals surface area contributed by atoms with Gasteiger partial charge in [-0.05, 0) is 35.9 Å². The number of para-hydroxylation sites is 1. The highest BCUT2D eigenvalue weighted by atomic mass is 16.5. The van der Waals surface area contributed by atoms with Crippen LogP contribution >= 0.6 is 0 Å². The van der Waals surface area contributed by atoms with Crippen molar-refractivity contribution in [1.82, 2.24) is 9.97 Å². The maximum atomic E-state index is 9.50. The fourth-order valence-electron chi connectivity index (χ4n) is 2.35. The van der Waals surface area contributed by atoms with Gasteiger partial charge in [0, 0.05) is 5.39 Å². The molecule has 3 aromatic rings. The Kier molecular flexibility index (Phi) is 4.72. The number of nitrogen functional groups attached to an aromatic ring is 1. The van der Waals surface area contributed by atoms with Crippen LogP contribution in [0.15, 0.2) is 61.2 Å². The van der Waals surface area contributed by atoms with E-state index in [4.69, 9.17) is 10.5 Å². The molecule has 0 spiro atoms. The first-order valence-electron chi connectivity index (χ1n) is 7.69. The molecule has 3 rings (SSSR count). The van der Waals surface area contributed by atoms with Gasteiger partial charge in [0.1, 0.15) is 24.2 Å². The van der Waals surface area contributed by atoms with Gasteiger partial charge in [-0.1, -0.05) is 36.9 Å². The number of nitrogens with two attached hydrogens (primary N) is 1. The average Bonchev–Trinajstić information content (AvgIpc) is 2.65. The predicted molar refractivity (Wildman–Crippen MR) is 99.6 cm³/mol. The molecule has 0 fully saturated rings. The third-order valence-corrected chi connectivity index (χ3v) is 3.55. The fraction of sp³-hybridized carbons (Fsp3) is 0.0500. The van der Waals surface area contributed by atoms with Crippen molar-refractivity contribution >= 4 is 28.4 Å². The molecule has 0 radical (unpaired) electrons. The molecule has 1 aromatic heterocycles. The molecular formula is C20H16N4O. The lowest BCUT2D eigenvalue weighted by atomic mass is 10.1. The number of hydrogen-bond donors (Lipinski definition) is 1. The van der Waals surface area contributed by atoms with Crippen LogP contribution in [-0.4, -0.2) is 16.6 Å². The minimum absolute atomic E-state index is 0.311. The standard InChI is InChI=1S/C20H16N4O/c1-2-11-25-16-9-7-14(8-10-16)12-15(13-21)20-23-18-6-4-3-5-17(18)19(22)24-20/h2-10,12H,1,11H2,(H2,22,23,24)/b15-12-. The van der Waals surface area contributed by atoms with Crippen molar-refractivity contribution in [2.24, 2.45) is 0 Å². The topological polar surface area (TPSA) is 84.8 Å². The molecule has 1 heterocycles. The molecule has 0 aliphatic carbocycles. The van der Waals surface area contributed by atoms with E-state index in [1.807, 2.05) is 48.5 Å². The van der Waals surface area contributed by atoms with Crippen LogP contribution in [0.5, 0.6) is 5.75 Å². The Morgan fingerprint density at radius 1 is 1.16 bits per heavy atom. The minimum atomic E-state index is 0.311. The predicted octanol–water partition coefficient (Wildman–Crippen LogP) is 3.84. The zero-order chi connectivity index (χ0) is 17.6. The third-order valence-electron chi connectivity index (χ3n) is 3.55. The highest BCUT2D eigenvalue weighted by molar-refractivity contribution is 5.93. The van der Waals surface area contributed by atoms with Crippen molar-refractivity contribution in [3.05, 3.63) is 72.6 Å². The SMILES string of the molecule is C=CCOc1ccc(/C=C(/C#N)c2nc(N)c3ccccc3n2)cc1. The number of benzene rings is 2. The van der Waals surface area contributed by atoms with Gasteiger partial charge in [0.25, 0.3) is 0 Å². The van der Waals surface area contributed by atoms with Crippen molar-refractivity contribution in [3.63, 3.8) is 0 Å². The van der Waals surface area contributed by atoms with Gasteiger partial charge in [0.05, 0.1) is 11.1 Å². The largest absolute Gasteiger partial charge is 0.490 e. The number of allylic oxidation sites excluding steroid dienone is 1. The summed E-state index contributed by atoms with van der Waals surface area (Å²) in [7, 11) is 0. The molecule has 122 valence electrons. The van der Waals surface area contributed by atoms with Gasteiger partial charge < -0.3 is 10.5 Å². The summed E-state index contributed by atoms with van der Waals surface area (Å²) in [5.74, 6) is 1.40. The van der Waals surface area contributed by atoms with E-state index in [1.165, 1.54) is 0 Å². The van der Waals surface area contributed by atoms with E-state index in [1.54, 1.807) is 12.2 Å². The number of rotatable bonds is 5. The second-order valence-corrected chi connectivity index (χ2v) is 5.29. The van der Waals surface area contributed by atoms with E-state index >= 15 is 0 Å². The van der Waals surface area contributed by atoms with E-state index in [2.05, 4.69) is 22.6 Å². The van der Waals surface area contributed by atoms with Gasteiger partial charge in [-0.15, -0.1) is 0 Å². The Balaban J connectivity index is 1.95. The fourth-order valence-corrected chi connectivity index (χ4v) is 2.35. The summed E-state index contributed by atoms with van der Waals surface area (Å²) in [4.78, 5) is 8.71. The summed E-state index contributed by atoms with van der Waals surface area (Å²) in [6.45, 7) is 4.06. The molecule has 0 aliphatic rings. The second-order valence-electron chi connectivity index (χ2n) is 5.29. The summed E-state index contributed by atoms with van der Waals surface area (Å²) < 4.78 is 5.45. The first-order chi connectivity index (χ1) is 12.2. The van der Waals surface area contributed by atoms with Crippen LogP contribution in [0, 0.1) is 11.3 Å². The lowest BCUT2D eigenvalue weighted by Crippen LogP contribution is -2.00. The first-order valence-corrected chi connectivity index (χ1v) is 7.69. The number of hydrogen-bond acceptors (Lipinski definition) is 5. The molecule has 0 amide bonds. The Morgan fingerprint density at radius 3 is 2.64 bits per heavy atom. The Bertz CT molecular complexity index is 985. The summed E-state index contributed by atoms with van der Waals surface area (Å²) >= 11 is 0. The van der Waals surface area contributed by atoms with Crippen molar-refractivity contribution in [3.8, 4) is 11.8 Å². The molecule has 2 aromatic carbocycles. The van der Waals surface area contributed by atoms with Crippen LogP contribution in [0.25, 0.3) is 22.6 Å². The molecular weight excluding hydrogens is 312 g/mol. The molecule has 0 bridgehead atoms. The van der Waals surface area contributed by atoms with E-state index in [0.29, 0.717) is 29.3 Å². The maximum absolute atomic E-state index is 9.50. The Morgan fingerprint density at radius 2 is 1.92 bits per heavy atom. The molecule has 25 heavy (non-hydrogen) atoms. The van der Waals surface area contributed by atoms with E-state index in [9.17, 15) is 5.26 Å². The van der Waals surface area contributed by atoms with Crippen LogP contribution in [0.1, 0.15) is 11.4 Å². The van der Waals surface area contributed by atoms with Gasteiger partial charge in [-0.2, -0.15) is 5.26 Å². The van der Waals surface area contributed by atoms with Crippen LogP contribution in [-0.2, 0) is 0 Å². The Labute approximate surface area is 145 Å². The molecule has 0 saturated carbocycles. The molecule has 2 N–H and O–H groups in total. The maximum Gasteiger partial charge on any atom is 0.172 e. The highest BCUT2D eigenvalue weighted by Gasteiger charge is 2.09. The van der Waals surface area contributed by atoms with Gasteiger partial charge in [0.15, 0.2) is 5.82 Å². The number of nitriles is 1. The summed E-state index contributed by atoms with van der Waals surface area (Å²) in [5.41, 5.74) is 7.89. The number of nitrogens with zero attached hydrogens (tertiary/aromatic N) is 3. The molecule has 0 aliphatic heterocycles. The van der Waals surface area contributed by atoms with Gasteiger partial charge in [-0.3, -0.25) is 0 Å². The summed E-state index contributed by atoms with van der Waals surface area (Å²) in [6.07, 6.45) is 3.41. The zero-order valence-electron chi connectivity index (χ0n) is 13.5. The lowest BCUT2D eigenvalue weighted by molar-refractivity contribution is 0.363. The van der Waals surface area contributed by atoms with Crippen molar-refractivity contribution < 1.29 is 4.74 Å². The van der Waals surface area contributed by atoms with Crippen molar-refractivity contribution in [2.75, 3.05) is 12.3 Å². The van der Waals surface area contributed by atoms with Crippen LogP contribution in [0.2, 0.25) is 0 Å². The molecule has 5 nitrogen and oxygen atoms in total. The molecule has 5 heteroatoms. The molecule has 0 unspecified atom stereocenters. The number of aromatic nitrogens is 2. The number of anilines is 1. The highest BCUT2D eigenvalue weighted by Crippen LogP contribution is 2.22. The average molecular weight is 328 g/mol. The third kappa shape index (κ3) is 3.65. The van der Waals surface area contributed by atoms with Crippen LogP contribution in [0.3, 0.4) is 0 Å². The molecule has 0 saturated heterocycles.